The maximum Gasteiger partial charge on any atom is 0.277 e. The van der Waals surface area contributed by atoms with Crippen molar-refractivity contribution >= 4 is 51.6 Å². The Morgan fingerprint density at radius 2 is 1.84 bits per heavy atom. The molecular weight excluding hydrogens is 584 g/mol. The number of nitrogens with one attached hydrogen (secondary N) is 1. The van der Waals surface area contributed by atoms with Gasteiger partial charge in [-0.1, -0.05) is 46.3 Å². The molecule has 1 fully saturated rings. The van der Waals surface area contributed by atoms with Crippen LogP contribution in [-0.4, -0.2) is 37.3 Å². The maximum atomic E-state index is 12.3. The van der Waals surface area contributed by atoms with E-state index in [-0.39, 0.29) is 12.5 Å². The highest BCUT2D eigenvalue weighted by Crippen LogP contribution is 2.45. The number of carbonyl (C=O) groups is 1. The van der Waals surface area contributed by atoms with Crippen molar-refractivity contribution in [2.45, 2.75) is 17.6 Å². The van der Waals surface area contributed by atoms with Crippen molar-refractivity contribution in [3.8, 4) is 17.2 Å². The number of ether oxygens (including phenoxy) is 3. The number of allylic oxidation sites excluding steroid dienone is 1. The second-order valence-corrected chi connectivity index (χ2v) is 12.0. The molecule has 198 valence electrons. The summed E-state index contributed by atoms with van der Waals surface area (Å²) in [6.45, 7) is 4.13. The molecule has 4 rings (SSSR count). The molecule has 9 heteroatoms. The molecule has 3 aromatic carbocycles. The lowest BCUT2D eigenvalue weighted by molar-refractivity contribution is -0.123. The Kier molecular flexibility index (Phi) is 10.6. The van der Waals surface area contributed by atoms with Gasteiger partial charge in [-0.2, -0.15) is 5.10 Å². The molecule has 0 spiro atoms. The van der Waals surface area contributed by atoms with Gasteiger partial charge in [0.1, 0.15) is 12.4 Å². The number of methoxy groups -OCH3 is 1. The number of hydrogen-bond acceptors (Lipinski definition) is 7. The van der Waals surface area contributed by atoms with Crippen LogP contribution in [0.5, 0.6) is 17.2 Å². The Bertz CT molecular complexity index is 1260. The largest absolute Gasteiger partial charge is 0.493 e. The predicted molar refractivity (Wildman–Crippen MR) is 161 cm³/mol. The van der Waals surface area contributed by atoms with Crippen LogP contribution in [0, 0.1) is 0 Å². The summed E-state index contributed by atoms with van der Waals surface area (Å²) in [5.74, 6) is 3.90. The minimum Gasteiger partial charge on any atom is -0.493 e. The van der Waals surface area contributed by atoms with Crippen molar-refractivity contribution < 1.29 is 19.0 Å². The van der Waals surface area contributed by atoms with E-state index in [1.165, 1.54) is 17.1 Å². The molecule has 1 N–H and O–H groups in total. The highest BCUT2D eigenvalue weighted by molar-refractivity contribution is 9.10. The average Bonchev–Trinajstić information content (AvgIpc) is 3.48. The van der Waals surface area contributed by atoms with Crippen LogP contribution in [0.25, 0.3) is 0 Å². The zero-order valence-corrected chi connectivity index (χ0v) is 24.2. The number of hydrogen-bond donors (Lipinski definition) is 1. The Morgan fingerprint density at radius 1 is 1.11 bits per heavy atom. The highest BCUT2D eigenvalue weighted by Gasteiger charge is 2.18. The van der Waals surface area contributed by atoms with Crippen LogP contribution >= 0.6 is 39.5 Å². The van der Waals surface area contributed by atoms with E-state index in [9.17, 15) is 4.79 Å². The van der Waals surface area contributed by atoms with Gasteiger partial charge >= 0.3 is 0 Å². The first-order chi connectivity index (χ1) is 18.6. The van der Waals surface area contributed by atoms with Gasteiger partial charge in [0, 0.05) is 21.5 Å². The van der Waals surface area contributed by atoms with E-state index in [4.69, 9.17) is 14.2 Å². The molecule has 0 aromatic heterocycles. The first kappa shape index (κ1) is 28.1. The molecule has 0 atom stereocenters. The summed E-state index contributed by atoms with van der Waals surface area (Å²) in [4.78, 5) is 12.3. The molecule has 1 amide bonds. The number of thioether (sulfide) groups is 2. The van der Waals surface area contributed by atoms with Crippen molar-refractivity contribution in [3.63, 3.8) is 0 Å². The van der Waals surface area contributed by atoms with Gasteiger partial charge in [0.15, 0.2) is 18.1 Å². The van der Waals surface area contributed by atoms with E-state index >= 15 is 0 Å². The maximum absolute atomic E-state index is 12.3. The van der Waals surface area contributed by atoms with E-state index in [0.717, 1.165) is 21.2 Å². The van der Waals surface area contributed by atoms with Gasteiger partial charge in [-0.15, -0.1) is 30.1 Å². The molecule has 0 unspecified atom stereocenters. The summed E-state index contributed by atoms with van der Waals surface area (Å²) in [5.41, 5.74) is 6.49. The fraction of sp³-hybridized carbons (Fsp3) is 0.241. The van der Waals surface area contributed by atoms with Crippen molar-refractivity contribution in [1.29, 1.82) is 0 Å². The van der Waals surface area contributed by atoms with Crippen molar-refractivity contribution in [2.24, 2.45) is 5.10 Å². The van der Waals surface area contributed by atoms with E-state index in [0.29, 0.717) is 34.9 Å². The SMILES string of the molecule is C=CCc1cc(/C=N\NC(=O)COc2ccc(C3SCCS3)cc2)cc(OC)c1OCc1ccc(Br)cc1. The first-order valence-corrected chi connectivity index (χ1v) is 14.9. The van der Waals surface area contributed by atoms with Gasteiger partial charge in [0.05, 0.1) is 17.9 Å². The number of rotatable bonds is 12. The normalized spacial score (nSPS) is 13.4. The van der Waals surface area contributed by atoms with E-state index < -0.39 is 0 Å². The molecule has 0 aliphatic carbocycles. The van der Waals surface area contributed by atoms with Crippen LogP contribution in [0.4, 0.5) is 0 Å². The molecule has 1 saturated heterocycles. The Morgan fingerprint density at radius 3 is 2.53 bits per heavy atom. The topological polar surface area (TPSA) is 69.2 Å². The summed E-state index contributed by atoms with van der Waals surface area (Å²) < 4.78 is 18.8. The van der Waals surface area contributed by atoms with Gasteiger partial charge in [0.2, 0.25) is 0 Å². The van der Waals surface area contributed by atoms with E-state index in [1.54, 1.807) is 19.4 Å². The van der Waals surface area contributed by atoms with Crippen LogP contribution in [-0.2, 0) is 17.8 Å². The molecule has 1 aliphatic heterocycles. The zero-order valence-electron chi connectivity index (χ0n) is 21.0. The molecular formula is C29H29BrN2O4S2. The van der Waals surface area contributed by atoms with Gasteiger partial charge in [0.25, 0.3) is 5.91 Å². The Hall–Kier alpha value is -2.88. The molecule has 0 bridgehead atoms. The second kappa shape index (κ2) is 14.3. The molecule has 0 saturated carbocycles. The highest BCUT2D eigenvalue weighted by atomic mass is 79.9. The molecule has 1 aliphatic rings. The number of amides is 1. The number of halogens is 1. The summed E-state index contributed by atoms with van der Waals surface area (Å²) in [5, 5.41) is 4.09. The van der Waals surface area contributed by atoms with Crippen LogP contribution in [0.1, 0.15) is 26.8 Å². The molecule has 1 heterocycles. The van der Waals surface area contributed by atoms with Gasteiger partial charge in [-0.05, 0) is 59.5 Å². The first-order valence-electron chi connectivity index (χ1n) is 12.0. The molecule has 3 aromatic rings. The van der Waals surface area contributed by atoms with E-state index in [2.05, 4.69) is 45.2 Å². The third-order valence-corrected chi connectivity index (χ3v) is 9.21. The quantitative estimate of drug-likeness (QED) is 0.138. The fourth-order valence-electron chi connectivity index (χ4n) is 3.75. The third-order valence-electron chi connectivity index (χ3n) is 5.58. The monoisotopic (exact) mass is 612 g/mol. The van der Waals surface area contributed by atoms with Crippen LogP contribution < -0.4 is 19.6 Å². The van der Waals surface area contributed by atoms with Gasteiger partial charge in [-0.3, -0.25) is 4.79 Å². The summed E-state index contributed by atoms with van der Waals surface area (Å²) in [7, 11) is 1.59. The van der Waals surface area contributed by atoms with Gasteiger partial charge < -0.3 is 14.2 Å². The average molecular weight is 614 g/mol. The Labute approximate surface area is 240 Å². The smallest absolute Gasteiger partial charge is 0.277 e. The minimum absolute atomic E-state index is 0.127. The van der Waals surface area contributed by atoms with E-state index in [1.807, 2.05) is 72.1 Å². The second-order valence-electron chi connectivity index (χ2n) is 8.34. The molecule has 38 heavy (non-hydrogen) atoms. The predicted octanol–water partition coefficient (Wildman–Crippen LogP) is 6.77. The van der Waals surface area contributed by atoms with Crippen molar-refractivity contribution in [3.05, 3.63) is 100 Å². The molecule has 0 radical (unpaired) electrons. The van der Waals surface area contributed by atoms with Crippen molar-refractivity contribution in [1.82, 2.24) is 5.43 Å². The van der Waals surface area contributed by atoms with Crippen LogP contribution in [0.2, 0.25) is 0 Å². The number of hydrazone groups is 1. The standard InChI is InChI=1S/C29H29BrN2O4S2/c1-3-4-23-15-21(16-26(34-2)28(23)36-18-20-5-9-24(30)10-6-20)17-31-32-27(33)19-35-25-11-7-22(8-12-25)29-37-13-14-38-29/h3,5-12,15-17,29H,1,4,13-14,18-19H2,2H3,(H,32,33)/b31-17-. The fourth-order valence-corrected chi connectivity index (χ4v) is 6.87. The number of nitrogens with zero attached hydrogens (tertiary/aromatic N) is 1. The lowest BCUT2D eigenvalue weighted by atomic mass is 10.1. The summed E-state index contributed by atoms with van der Waals surface area (Å²) in [6, 6.07) is 19.6. The number of benzene rings is 3. The van der Waals surface area contributed by atoms with Gasteiger partial charge in [-0.25, -0.2) is 5.43 Å². The lowest BCUT2D eigenvalue weighted by Crippen LogP contribution is -2.24. The summed E-state index contributed by atoms with van der Waals surface area (Å²) >= 11 is 7.36. The zero-order chi connectivity index (χ0) is 26.7. The van der Waals surface area contributed by atoms with Crippen LogP contribution in [0.3, 0.4) is 0 Å². The Balaban J connectivity index is 1.33. The summed E-state index contributed by atoms with van der Waals surface area (Å²) in [6.07, 6.45) is 3.96. The third kappa shape index (κ3) is 8.06. The minimum atomic E-state index is -0.347. The molecule has 6 nitrogen and oxygen atoms in total. The van der Waals surface area contributed by atoms with Crippen molar-refractivity contribution in [2.75, 3.05) is 25.2 Å². The number of carbonyl (C=O) groups excluding carboxylic acids is 1. The van der Waals surface area contributed by atoms with Crippen LogP contribution in [0.15, 0.2) is 82.9 Å². The lowest BCUT2D eigenvalue weighted by Gasteiger charge is -2.16.